The lowest BCUT2D eigenvalue weighted by molar-refractivity contribution is 0.750. The quantitative estimate of drug-likeness (QED) is 0.393. The first kappa shape index (κ1) is 8.22. The van der Waals surface area contributed by atoms with Gasteiger partial charge in [0.15, 0.2) is 0 Å². The third-order valence-electron chi connectivity index (χ3n) is 0.647. The number of halogens is 1. The van der Waals surface area contributed by atoms with Crippen molar-refractivity contribution in [1.29, 1.82) is 0 Å². The standard InChI is InChI=1S/C4H11BIP/c1-4(2)3-7-5-6/h4-5,7H,3H2,1-2H3. The minimum Gasteiger partial charge on any atom is -0.148 e. The lowest BCUT2D eigenvalue weighted by Gasteiger charge is -1.98. The van der Waals surface area contributed by atoms with Gasteiger partial charge in [0.05, 0.1) is 0 Å². The van der Waals surface area contributed by atoms with Gasteiger partial charge < -0.3 is 0 Å². The van der Waals surface area contributed by atoms with Crippen molar-refractivity contribution in [3.05, 3.63) is 0 Å². The molecule has 7 heavy (non-hydrogen) atoms. The molecule has 0 N–H and O–H groups in total. The predicted molar refractivity (Wildman–Crippen MR) is 49.2 cm³/mol. The highest BCUT2D eigenvalue weighted by Crippen LogP contribution is 2.14. The van der Waals surface area contributed by atoms with Crippen LogP contribution in [0.2, 0.25) is 0 Å². The largest absolute Gasteiger partial charge is 0.225 e. The molecule has 0 aromatic rings. The first-order chi connectivity index (χ1) is 3.27. The molecule has 0 amide bonds. The van der Waals surface area contributed by atoms with E-state index in [0.29, 0.717) is 0 Å². The molecule has 0 saturated heterocycles. The molecule has 0 radical (unpaired) electrons. The molecule has 0 heterocycles. The van der Waals surface area contributed by atoms with Crippen LogP contribution >= 0.6 is 30.8 Å². The topological polar surface area (TPSA) is 0 Å². The van der Waals surface area contributed by atoms with E-state index < -0.39 is 0 Å². The normalized spacial score (nSPS) is 11.4. The van der Waals surface area contributed by atoms with Gasteiger partial charge in [-0.1, -0.05) is 13.8 Å². The van der Waals surface area contributed by atoms with Gasteiger partial charge in [0.25, 0.3) is 0 Å². The molecule has 0 aromatic heterocycles. The van der Waals surface area contributed by atoms with Crippen molar-refractivity contribution < 1.29 is 0 Å². The summed E-state index contributed by atoms with van der Waals surface area (Å²) in [4.78, 5) is 1.34. The Balaban J connectivity index is 2.68. The van der Waals surface area contributed by atoms with E-state index in [2.05, 4.69) is 36.2 Å². The second kappa shape index (κ2) is 5.36. The van der Waals surface area contributed by atoms with Crippen LogP contribution in [0.4, 0.5) is 0 Å². The molecule has 0 spiro atoms. The van der Waals surface area contributed by atoms with E-state index in [1.54, 1.807) is 0 Å². The molecule has 0 aliphatic rings. The first-order valence-corrected chi connectivity index (χ1v) is 5.48. The van der Waals surface area contributed by atoms with Gasteiger partial charge in [-0.05, 0) is 12.1 Å². The Bertz CT molecular complexity index is 40.7. The van der Waals surface area contributed by atoms with Crippen LogP contribution < -0.4 is 0 Å². The average Bonchev–Trinajstić information content (AvgIpc) is 1.61. The summed E-state index contributed by atoms with van der Waals surface area (Å²) < 4.78 is 0. The summed E-state index contributed by atoms with van der Waals surface area (Å²) in [7, 11) is 1.18. The van der Waals surface area contributed by atoms with Crippen molar-refractivity contribution in [2.24, 2.45) is 5.92 Å². The fourth-order valence-corrected chi connectivity index (χ4v) is 1.96. The second-order valence-corrected chi connectivity index (χ2v) is 5.45. The maximum Gasteiger partial charge on any atom is 0.225 e. The van der Waals surface area contributed by atoms with E-state index in [1.807, 2.05) is 0 Å². The lowest BCUT2D eigenvalue weighted by Crippen LogP contribution is -1.87. The van der Waals surface area contributed by atoms with Gasteiger partial charge in [0.2, 0.25) is 4.86 Å². The number of hydrogen-bond acceptors (Lipinski definition) is 0. The fourth-order valence-electron chi connectivity index (χ4n) is 0.343. The molecule has 0 nitrogen and oxygen atoms in total. The molecular weight excluding hydrogens is 217 g/mol. The Morgan fingerprint density at radius 3 is 2.43 bits per heavy atom. The van der Waals surface area contributed by atoms with Gasteiger partial charge in [-0.3, -0.25) is 0 Å². The molecule has 0 aliphatic carbocycles. The molecule has 0 saturated carbocycles. The highest BCUT2D eigenvalue weighted by atomic mass is 127. The summed E-state index contributed by atoms with van der Waals surface area (Å²) in [6, 6.07) is 0. The van der Waals surface area contributed by atoms with Gasteiger partial charge in [-0.15, -0.1) is 30.8 Å². The summed E-state index contributed by atoms with van der Waals surface area (Å²) in [6.45, 7) is 4.55. The van der Waals surface area contributed by atoms with Gasteiger partial charge in [0.1, 0.15) is 0 Å². The highest BCUT2D eigenvalue weighted by Gasteiger charge is 1.90. The molecule has 3 heteroatoms. The van der Waals surface area contributed by atoms with Crippen LogP contribution in [0.15, 0.2) is 0 Å². The van der Waals surface area contributed by atoms with Crippen LogP contribution in [0.25, 0.3) is 0 Å². The summed E-state index contributed by atoms with van der Waals surface area (Å²) in [6.07, 6.45) is 1.42. The SMILES string of the molecule is CC(C)CPBI. The molecule has 0 fully saturated rings. The Kier molecular flexibility index (Phi) is 6.30. The van der Waals surface area contributed by atoms with E-state index in [9.17, 15) is 0 Å². The highest BCUT2D eigenvalue weighted by molar-refractivity contribution is 14.1. The van der Waals surface area contributed by atoms with Crippen molar-refractivity contribution in [2.75, 3.05) is 6.16 Å². The summed E-state index contributed by atoms with van der Waals surface area (Å²) in [5, 5.41) is 0. The van der Waals surface area contributed by atoms with E-state index in [-0.39, 0.29) is 0 Å². The summed E-state index contributed by atoms with van der Waals surface area (Å²) in [5.74, 6) is 0.910. The minimum atomic E-state index is 0.910. The number of hydrogen-bond donors (Lipinski definition) is 0. The van der Waals surface area contributed by atoms with Crippen molar-refractivity contribution >= 4 is 35.7 Å². The third-order valence-corrected chi connectivity index (χ3v) is 3.56. The summed E-state index contributed by atoms with van der Waals surface area (Å²) in [5.41, 5.74) is 0. The Morgan fingerprint density at radius 1 is 1.71 bits per heavy atom. The van der Waals surface area contributed by atoms with E-state index >= 15 is 0 Å². The van der Waals surface area contributed by atoms with E-state index in [1.165, 1.54) is 19.5 Å². The van der Waals surface area contributed by atoms with Gasteiger partial charge in [-0.25, -0.2) is 0 Å². The van der Waals surface area contributed by atoms with Gasteiger partial charge >= 0.3 is 0 Å². The average molecular weight is 228 g/mol. The molecular formula is C4H11BIP. The van der Waals surface area contributed by atoms with Crippen molar-refractivity contribution in [3.63, 3.8) is 0 Å². The van der Waals surface area contributed by atoms with Crippen LogP contribution in [0.1, 0.15) is 13.8 Å². The van der Waals surface area contributed by atoms with Crippen LogP contribution in [0.5, 0.6) is 0 Å². The van der Waals surface area contributed by atoms with Crippen molar-refractivity contribution in [2.45, 2.75) is 13.8 Å². The van der Waals surface area contributed by atoms with Crippen LogP contribution in [0.3, 0.4) is 0 Å². The van der Waals surface area contributed by atoms with Crippen molar-refractivity contribution in [1.82, 2.24) is 0 Å². The predicted octanol–water partition coefficient (Wildman–Crippen LogP) is 2.02. The molecule has 0 aromatic carbocycles. The Labute approximate surface area is 61.7 Å². The molecule has 0 bridgehead atoms. The molecule has 1 atom stereocenters. The minimum absolute atomic E-state index is 0.910. The molecule has 1 unspecified atom stereocenters. The number of rotatable bonds is 3. The van der Waals surface area contributed by atoms with E-state index in [4.69, 9.17) is 0 Å². The van der Waals surface area contributed by atoms with Gasteiger partial charge in [0, 0.05) is 0 Å². The Hall–Kier alpha value is 1.22. The van der Waals surface area contributed by atoms with Crippen molar-refractivity contribution in [3.8, 4) is 0 Å². The maximum atomic E-state index is 2.43. The monoisotopic (exact) mass is 228 g/mol. The zero-order valence-corrected chi connectivity index (χ0v) is 8.03. The summed E-state index contributed by atoms with van der Waals surface area (Å²) >= 11 is 2.43. The third kappa shape index (κ3) is 7.22. The van der Waals surface area contributed by atoms with Crippen LogP contribution in [0, 0.1) is 5.92 Å². The maximum absolute atomic E-state index is 2.43. The first-order valence-electron chi connectivity index (χ1n) is 2.54. The zero-order chi connectivity index (χ0) is 5.70. The molecule has 0 rings (SSSR count). The lowest BCUT2D eigenvalue weighted by atomic mass is 10.3. The van der Waals surface area contributed by atoms with Crippen LogP contribution in [-0.2, 0) is 0 Å². The van der Waals surface area contributed by atoms with Crippen LogP contribution in [-0.4, -0.2) is 11.0 Å². The zero-order valence-electron chi connectivity index (χ0n) is 4.87. The fraction of sp³-hybridized carbons (Fsp3) is 1.00. The molecule has 0 aliphatic heterocycles. The van der Waals surface area contributed by atoms with E-state index in [0.717, 1.165) is 5.92 Å². The molecule has 42 valence electrons. The smallest absolute Gasteiger partial charge is 0.148 e. The second-order valence-electron chi connectivity index (χ2n) is 1.98. The van der Waals surface area contributed by atoms with Gasteiger partial charge in [-0.2, -0.15) is 0 Å². The Morgan fingerprint density at radius 2 is 2.29 bits per heavy atom.